The number of aryl methyl sites for hydroxylation is 1. The second kappa shape index (κ2) is 11.0. The molecule has 0 atom stereocenters. The van der Waals surface area contributed by atoms with E-state index >= 15 is 0 Å². The van der Waals surface area contributed by atoms with Gasteiger partial charge in [0, 0.05) is 15.7 Å². The third-order valence-corrected chi connectivity index (χ3v) is 5.32. The van der Waals surface area contributed by atoms with Gasteiger partial charge in [-0.05, 0) is 64.8 Å². The van der Waals surface area contributed by atoms with Crippen LogP contribution in [0, 0.1) is 12.7 Å². The minimum Gasteiger partial charge on any atom is -0.421 e. The monoisotopic (exact) mass is 561 g/mol. The van der Waals surface area contributed by atoms with E-state index in [9.17, 15) is 14.0 Å². The first kappa shape index (κ1) is 23.6. The van der Waals surface area contributed by atoms with Crippen molar-refractivity contribution in [2.24, 2.45) is 5.10 Å². The topological polar surface area (TPSA) is 79.8 Å². The van der Waals surface area contributed by atoms with E-state index in [0.29, 0.717) is 14.5 Å². The Bertz CT molecular complexity index is 1180. The van der Waals surface area contributed by atoms with Gasteiger partial charge >= 0.3 is 5.97 Å². The van der Waals surface area contributed by atoms with Gasteiger partial charge in [0.05, 0.1) is 22.8 Å². The van der Waals surface area contributed by atoms with Crippen molar-refractivity contribution in [3.05, 3.63) is 92.1 Å². The van der Waals surface area contributed by atoms with Gasteiger partial charge in [0.25, 0.3) is 5.91 Å². The maximum Gasteiger partial charge on any atom is 0.343 e. The van der Waals surface area contributed by atoms with Crippen LogP contribution in [0.4, 0.5) is 10.1 Å². The van der Waals surface area contributed by atoms with Crippen molar-refractivity contribution in [1.29, 1.82) is 0 Å². The quantitative estimate of drug-likeness (QED) is 0.174. The van der Waals surface area contributed by atoms with Gasteiger partial charge in [-0.2, -0.15) is 5.10 Å². The van der Waals surface area contributed by atoms with E-state index in [1.165, 1.54) is 24.4 Å². The predicted octanol–water partition coefficient (Wildman–Crippen LogP) is 5.44. The fourth-order valence-corrected chi connectivity index (χ4v) is 4.05. The lowest BCUT2D eigenvalue weighted by molar-refractivity contribution is -0.119. The number of ether oxygens (including phenoxy) is 1. The highest BCUT2D eigenvalue weighted by molar-refractivity contribution is 9.11. The first-order chi connectivity index (χ1) is 15.3. The molecule has 0 heterocycles. The number of carbonyl (C=O) groups excluding carboxylic acids is 2. The maximum absolute atomic E-state index is 13.4. The average Bonchev–Trinajstić information content (AvgIpc) is 2.75. The first-order valence-electron chi connectivity index (χ1n) is 9.41. The maximum atomic E-state index is 13.4. The van der Waals surface area contributed by atoms with Gasteiger partial charge in [-0.1, -0.05) is 40.2 Å². The fraction of sp³-hybridized carbons (Fsp3) is 0.0870. The van der Waals surface area contributed by atoms with E-state index in [4.69, 9.17) is 4.74 Å². The van der Waals surface area contributed by atoms with Crippen LogP contribution in [0.15, 0.2) is 74.7 Å². The molecule has 3 aromatic carbocycles. The Morgan fingerprint density at radius 2 is 1.88 bits per heavy atom. The molecule has 164 valence electrons. The van der Waals surface area contributed by atoms with E-state index in [1.807, 2.05) is 31.2 Å². The molecular weight excluding hydrogens is 545 g/mol. The number of esters is 1. The molecule has 9 heteroatoms. The Hall–Kier alpha value is -3.04. The highest BCUT2D eigenvalue weighted by Crippen LogP contribution is 2.32. The molecule has 0 fully saturated rings. The lowest BCUT2D eigenvalue weighted by Crippen LogP contribution is -2.26. The highest BCUT2D eigenvalue weighted by Gasteiger charge is 2.16. The second-order valence-electron chi connectivity index (χ2n) is 6.67. The summed E-state index contributed by atoms with van der Waals surface area (Å²) in [5.74, 6) is -1.44. The van der Waals surface area contributed by atoms with Gasteiger partial charge in [0.15, 0.2) is 5.75 Å². The minimum atomic E-state index is -0.728. The zero-order chi connectivity index (χ0) is 23.1. The van der Waals surface area contributed by atoms with Crippen LogP contribution >= 0.6 is 31.9 Å². The summed E-state index contributed by atoms with van der Waals surface area (Å²) in [4.78, 5) is 24.5. The number of hydrogen-bond donors (Lipinski definition) is 2. The molecule has 3 rings (SSSR count). The SMILES string of the molecule is Cc1ccccc1NCC(=O)NN=Cc1cc(Br)cc(Br)c1OC(=O)c1cccc(F)c1. The highest BCUT2D eigenvalue weighted by atomic mass is 79.9. The molecular formula is C23H18Br2FN3O3. The van der Waals surface area contributed by atoms with Crippen LogP contribution in [0.2, 0.25) is 0 Å². The molecule has 0 aliphatic rings. The molecule has 0 spiro atoms. The Morgan fingerprint density at radius 1 is 1.09 bits per heavy atom. The number of rotatable bonds is 7. The van der Waals surface area contributed by atoms with Crippen LogP contribution in [0.1, 0.15) is 21.5 Å². The van der Waals surface area contributed by atoms with Crippen LogP contribution in [0.5, 0.6) is 5.75 Å². The number of nitrogens with zero attached hydrogens (tertiary/aromatic N) is 1. The van der Waals surface area contributed by atoms with E-state index in [0.717, 1.165) is 17.3 Å². The lowest BCUT2D eigenvalue weighted by Gasteiger charge is -2.11. The van der Waals surface area contributed by atoms with Gasteiger partial charge in [-0.3, -0.25) is 4.79 Å². The van der Waals surface area contributed by atoms with Crippen molar-refractivity contribution < 1.29 is 18.7 Å². The number of benzene rings is 3. The van der Waals surface area contributed by atoms with Crippen molar-refractivity contribution in [1.82, 2.24) is 5.43 Å². The van der Waals surface area contributed by atoms with E-state index in [1.54, 1.807) is 12.1 Å². The lowest BCUT2D eigenvalue weighted by atomic mass is 10.2. The molecule has 1 amide bonds. The van der Waals surface area contributed by atoms with Crippen LogP contribution in [-0.2, 0) is 4.79 Å². The number of halogens is 3. The van der Waals surface area contributed by atoms with E-state index in [2.05, 4.69) is 47.7 Å². The van der Waals surface area contributed by atoms with Crippen molar-refractivity contribution >= 4 is 55.6 Å². The zero-order valence-corrected chi connectivity index (χ0v) is 20.0. The Labute approximate surface area is 201 Å². The predicted molar refractivity (Wildman–Crippen MR) is 129 cm³/mol. The van der Waals surface area contributed by atoms with Gasteiger partial charge in [0.2, 0.25) is 0 Å². The molecule has 32 heavy (non-hydrogen) atoms. The third-order valence-electron chi connectivity index (χ3n) is 4.27. The minimum absolute atomic E-state index is 0.0335. The molecule has 0 aliphatic heterocycles. The van der Waals surface area contributed by atoms with Gasteiger partial charge in [0.1, 0.15) is 5.82 Å². The van der Waals surface area contributed by atoms with Gasteiger partial charge < -0.3 is 10.1 Å². The van der Waals surface area contributed by atoms with Crippen molar-refractivity contribution in [2.75, 3.05) is 11.9 Å². The summed E-state index contributed by atoms with van der Waals surface area (Å²) in [6, 6.07) is 16.2. The first-order valence-corrected chi connectivity index (χ1v) is 11.0. The molecule has 0 unspecified atom stereocenters. The van der Waals surface area contributed by atoms with Crippen molar-refractivity contribution in [3.8, 4) is 5.75 Å². The molecule has 3 aromatic rings. The van der Waals surface area contributed by atoms with E-state index < -0.39 is 11.8 Å². The molecule has 0 saturated carbocycles. The largest absolute Gasteiger partial charge is 0.421 e. The Kier molecular flexibility index (Phi) is 8.13. The third kappa shape index (κ3) is 6.48. The smallest absolute Gasteiger partial charge is 0.343 e. The molecule has 0 radical (unpaired) electrons. The molecule has 0 bridgehead atoms. The number of nitrogens with one attached hydrogen (secondary N) is 2. The van der Waals surface area contributed by atoms with Crippen molar-refractivity contribution in [3.63, 3.8) is 0 Å². The molecule has 6 nitrogen and oxygen atoms in total. The summed E-state index contributed by atoms with van der Waals surface area (Å²) < 4.78 is 20.1. The van der Waals surface area contributed by atoms with Crippen LogP contribution in [-0.4, -0.2) is 24.6 Å². The molecule has 0 aromatic heterocycles. The van der Waals surface area contributed by atoms with Crippen LogP contribution in [0.25, 0.3) is 0 Å². The Balaban J connectivity index is 1.69. The summed E-state index contributed by atoms with van der Waals surface area (Å²) in [7, 11) is 0. The fourth-order valence-electron chi connectivity index (χ4n) is 2.71. The summed E-state index contributed by atoms with van der Waals surface area (Å²) in [5, 5.41) is 6.99. The summed E-state index contributed by atoms with van der Waals surface area (Å²) in [6.45, 7) is 1.97. The number of hydrazone groups is 1. The number of carbonyl (C=O) groups is 2. The molecule has 0 aliphatic carbocycles. The van der Waals surface area contributed by atoms with E-state index in [-0.39, 0.29) is 23.8 Å². The van der Waals surface area contributed by atoms with Gasteiger partial charge in [-0.25, -0.2) is 14.6 Å². The Morgan fingerprint density at radius 3 is 2.62 bits per heavy atom. The summed E-state index contributed by atoms with van der Waals surface area (Å²) >= 11 is 6.72. The zero-order valence-electron chi connectivity index (χ0n) is 16.9. The standard InChI is InChI=1S/C23H18Br2FN3O3/c1-14-5-2-3-8-20(14)27-13-21(30)29-28-12-16-9-17(24)11-19(25)22(16)32-23(31)15-6-4-7-18(26)10-15/h2-12,27H,13H2,1H3,(H,29,30). The number of anilines is 1. The summed E-state index contributed by atoms with van der Waals surface area (Å²) in [6.07, 6.45) is 1.36. The van der Waals surface area contributed by atoms with Crippen LogP contribution in [0.3, 0.4) is 0 Å². The van der Waals surface area contributed by atoms with Crippen LogP contribution < -0.4 is 15.5 Å². The normalized spacial score (nSPS) is 10.8. The van der Waals surface area contributed by atoms with Gasteiger partial charge in [-0.15, -0.1) is 0 Å². The number of para-hydroxylation sites is 1. The molecule has 2 N–H and O–H groups in total. The van der Waals surface area contributed by atoms with Crippen molar-refractivity contribution in [2.45, 2.75) is 6.92 Å². The summed E-state index contributed by atoms with van der Waals surface area (Å²) in [5.41, 5.74) is 4.79. The number of amides is 1. The second-order valence-corrected chi connectivity index (χ2v) is 8.44. The average molecular weight is 563 g/mol. The molecule has 0 saturated heterocycles. The number of hydrogen-bond acceptors (Lipinski definition) is 5.